The van der Waals surface area contributed by atoms with Gasteiger partial charge in [0.1, 0.15) is 18.2 Å². The van der Waals surface area contributed by atoms with Gasteiger partial charge in [-0.1, -0.05) is 30.3 Å². The molecule has 1 aliphatic heterocycles. The van der Waals surface area contributed by atoms with Crippen LogP contribution in [0, 0.1) is 34.0 Å². The van der Waals surface area contributed by atoms with Crippen LogP contribution in [0.3, 0.4) is 0 Å². The summed E-state index contributed by atoms with van der Waals surface area (Å²) in [6.45, 7) is 0. The quantitative estimate of drug-likeness (QED) is 0.802. The predicted octanol–water partition coefficient (Wildman–Crippen LogP) is 3.31. The minimum Gasteiger partial charge on any atom is -0.352 e. The number of nitriles is 3. The van der Waals surface area contributed by atoms with Gasteiger partial charge in [-0.25, -0.2) is 0 Å². The van der Waals surface area contributed by atoms with Crippen LogP contribution in [0.2, 0.25) is 0 Å². The number of fused-ring (bicyclic) bond motifs is 1. The number of allylic oxidation sites excluding steroid dienone is 4. The minimum absolute atomic E-state index is 0.0524. The third kappa shape index (κ3) is 2.06. The average molecular weight is 284 g/mol. The Bertz CT molecular complexity index is 833. The first-order valence-corrected chi connectivity index (χ1v) is 7.04. The van der Waals surface area contributed by atoms with E-state index in [4.69, 9.17) is 0 Å². The number of rotatable bonds is 1. The van der Waals surface area contributed by atoms with Crippen molar-refractivity contribution in [2.75, 3.05) is 0 Å². The van der Waals surface area contributed by atoms with Crippen LogP contribution < -0.4 is 5.32 Å². The lowest BCUT2D eigenvalue weighted by molar-refractivity contribution is 0.932. The van der Waals surface area contributed by atoms with Gasteiger partial charge >= 0.3 is 0 Å². The maximum absolute atomic E-state index is 9.48. The third-order valence-electron chi connectivity index (χ3n) is 3.97. The van der Waals surface area contributed by atoms with E-state index in [1.54, 1.807) is 0 Å². The number of benzene rings is 1. The zero-order valence-electron chi connectivity index (χ0n) is 11.8. The topological polar surface area (TPSA) is 83.4 Å². The predicted molar refractivity (Wildman–Crippen MR) is 81.2 cm³/mol. The van der Waals surface area contributed by atoms with Crippen molar-refractivity contribution in [1.29, 1.82) is 15.8 Å². The Balaban J connectivity index is 2.28. The number of dihydropyridines is 1. The van der Waals surface area contributed by atoms with Crippen molar-refractivity contribution in [2.24, 2.45) is 0 Å². The van der Waals surface area contributed by atoms with Gasteiger partial charge in [-0.2, -0.15) is 15.8 Å². The first kappa shape index (κ1) is 13.7. The van der Waals surface area contributed by atoms with Crippen LogP contribution in [0.25, 0.3) is 5.70 Å². The molecule has 2 aliphatic rings. The monoisotopic (exact) mass is 284 g/mol. The van der Waals surface area contributed by atoms with E-state index in [-0.39, 0.29) is 5.57 Å². The van der Waals surface area contributed by atoms with Gasteiger partial charge in [-0.15, -0.1) is 0 Å². The fourth-order valence-electron chi connectivity index (χ4n) is 3.01. The second-order valence-corrected chi connectivity index (χ2v) is 5.14. The normalized spacial score (nSPS) is 16.3. The minimum atomic E-state index is -0.0524. The third-order valence-corrected chi connectivity index (χ3v) is 3.97. The highest BCUT2D eigenvalue weighted by Crippen LogP contribution is 2.42. The summed E-state index contributed by atoms with van der Waals surface area (Å²) in [4.78, 5) is 0. The van der Waals surface area contributed by atoms with Gasteiger partial charge in [0.2, 0.25) is 0 Å². The first-order valence-electron chi connectivity index (χ1n) is 7.04. The Kier molecular flexibility index (Phi) is 3.48. The molecule has 4 nitrogen and oxygen atoms in total. The van der Waals surface area contributed by atoms with Crippen LogP contribution in [0.1, 0.15) is 24.8 Å². The Morgan fingerprint density at radius 1 is 0.955 bits per heavy atom. The van der Waals surface area contributed by atoms with E-state index in [0.717, 1.165) is 41.7 Å². The highest BCUT2D eigenvalue weighted by atomic mass is 14.9. The van der Waals surface area contributed by atoms with E-state index in [1.807, 2.05) is 42.5 Å². The summed E-state index contributed by atoms with van der Waals surface area (Å²) >= 11 is 0. The highest BCUT2D eigenvalue weighted by molar-refractivity contribution is 5.80. The molecule has 4 heteroatoms. The van der Waals surface area contributed by atoms with Crippen molar-refractivity contribution in [3.05, 3.63) is 63.9 Å². The van der Waals surface area contributed by atoms with Crippen LogP contribution in [-0.4, -0.2) is 0 Å². The van der Waals surface area contributed by atoms with Gasteiger partial charge in [-0.3, -0.25) is 0 Å². The lowest BCUT2D eigenvalue weighted by atomic mass is 9.91. The Morgan fingerprint density at radius 2 is 1.64 bits per heavy atom. The molecule has 1 aromatic rings. The number of hydrogen-bond donors (Lipinski definition) is 1. The van der Waals surface area contributed by atoms with Gasteiger partial charge in [0.15, 0.2) is 5.57 Å². The van der Waals surface area contributed by atoms with E-state index < -0.39 is 0 Å². The molecule has 0 radical (unpaired) electrons. The van der Waals surface area contributed by atoms with Crippen molar-refractivity contribution < 1.29 is 0 Å². The lowest BCUT2D eigenvalue weighted by Crippen LogP contribution is -2.22. The van der Waals surface area contributed by atoms with Crippen molar-refractivity contribution in [3.8, 4) is 18.2 Å². The summed E-state index contributed by atoms with van der Waals surface area (Å²) in [6.07, 6.45) is 2.69. The van der Waals surface area contributed by atoms with Crippen LogP contribution >= 0.6 is 0 Å². The molecule has 1 aliphatic carbocycles. The molecule has 3 rings (SSSR count). The summed E-state index contributed by atoms with van der Waals surface area (Å²) in [5.74, 6) is 0. The molecule has 0 aromatic heterocycles. The molecular formula is C18H12N4. The Labute approximate surface area is 128 Å². The Morgan fingerprint density at radius 3 is 2.27 bits per heavy atom. The highest BCUT2D eigenvalue weighted by Gasteiger charge is 2.30. The molecule has 22 heavy (non-hydrogen) atoms. The molecule has 0 bridgehead atoms. The smallest absolute Gasteiger partial charge is 0.154 e. The van der Waals surface area contributed by atoms with Crippen LogP contribution in [0.5, 0.6) is 0 Å². The number of nitrogens with one attached hydrogen (secondary N) is 1. The van der Waals surface area contributed by atoms with Gasteiger partial charge in [0, 0.05) is 5.70 Å². The lowest BCUT2D eigenvalue weighted by Gasteiger charge is -2.24. The second kappa shape index (κ2) is 5.60. The molecule has 0 saturated heterocycles. The summed E-state index contributed by atoms with van der Waals surface area (Å²) in [7, 11) is 0. The fourth-order valence-corrected chi connectivity index (χ4v) is 3.01. The fraction of sp³-hybridized carbons (Fsp3) is 0.167. The van der Waals surface area contributed by atoms with Gasteiger partial charge < -0.3 is 5.32 Å². The van der Waals surface area contributed by atoms with E-state index in [1.165, 1.54) is 0 Å². The summed E-state index contributed by atoms with van der Waals surface area (Å²) in [6, 6.07) is 15.7. The van der Waals surface area contributed by atoms with Gasteiger partial charge in [-0.05, 0) is 36.0 Å². The van der Waals surface area contributed by atoms with E-state index >= 15 is 0 Å². The standard InChI is InChI=1S/C18H12N4/c19-9-13(10-20)18-16(11-21)14-7-4-8-15(14)17(22-18)12-5-2-1-3-6-12/h1-3,5-6,22H,4,7-8H2. The average Bonchev–Trinajstić information content (AvgIpc) is 3.05. The van der Waals surface area contributed by atoms with Crippen molar-refractivity contribution >= 4 is 5.70 Å². The van der Waals surface area contributed by atoms with E-state index in [9.17, 15) is 15.8 Å². The first-order chi connectivity index (χ1) is 10.8. The largest absolute Gasteiger partial charge is 0.352 e. The van der Waals surface area contributed by atoms with Crippen molar-refractivity contribution in [1.82, 2.24) is 5.32 Å². The molecule has 1 saturated carbocycles. The molecule has 0 spiro atoms. The van der Waals surface area contributed by atoms with Crippen LogP contribution in [-0.2, 0) is 0 Å². The summed E-state index contributed by atoms with van der Waals surface area (Å²) < 4.78 is 0. The van der Waals surface area contributed by atoms with Gasteiger partial charge in [0.05, 0.1) is 11.3 Å². The molecule has 104 valence electrons. The van der Waals surface area contributed by atoms with Crippen molar-refractivity contribution in [2.45, 2.75) is 19.3 Å². The molecule has 1 N–H and O–H groups in total. The summed E-state index contributed by atoms with van der Waals surface area (Å²) in [5.41, 5.74) is 4.73. The zero-order valence-corrected chi connectivity index (χ0v) is 11.8. The van der Waals surface area contributed by atoms with E-state index in [0.29, 0.717) is 11.3 Å². The maximum Gasteiger partial charge on any atom is 0.154 e. The number of nitrogens with zero attached hydrogens (tertiary/aromatic N) is 3. The van der Waals surface area contributed by atoms with Gasteiger partial charge in [0.25, 0.3) is 0 Å². The van der Waals surface area contributed by atoms with Crippen LogP contribution in [0.4, 0.5) is 0 Å². The molecule has 1 aromatic carbocycles. The maximum atomic E-state index is 9.48. The summed E-state index contributed by atoms with van der Waals surface area (Å²) in [5, 5.41) is 31.0. The molecule has 0 atom stereocenters. The molecule has 1 fully saturated rings. The molecular weight excluding hydrogens is 272 g/mol. The molecule has 1 heterocycles. The zero-order chi connectivity index (χ0) is 15.5. The van der Waals surface area contributed by atoms with E-state index in [2.05, 4.69) is 11.4 Å². The molecule has 0 unspecified atom stereocenters. The van der Waals surface area contributed by atoms with Crippen LogP contribution in [0.15, 0.2) is 58.3 Å². The van der Waals surface area contributed by atoms with Crippen molar-refractivity contribution in [3.63, 3.8) is 0 Å². The number of hydrogen-bond acceptors (Lipinski definition) is 4. The molecule has 0 amide bonds. The Hall–Kier alpha value is -3.29. The SMILES string of the molecule is N#CC(C#N)=C1NC(c2ccccc2)=C2CCCC2=C1C#N. The second-order valence-electron chi connectivity index (χ2n) is 5.14.